The van der Waals surface area contributed by atoms with Crippen molar-refractivity contribution in [2.24, 2.45) is 0 Å². The molecule has 0 aliphatic heterocycles. The van der Waals surface area contributed by atoms with Crippen molar-refractivity contribution >= 4 is 0 Å². The number of ether oxygens (including phenoxy) is 3. The molecule has 0 saturated heterocycles. The van der Waals surface area contributed by atoms with Gasteiger partial charge in [-0.2, -0.15) is 0 Å². The summed E-state index contributed by atoms with van der Waals surface area (Å²) in [4.78, 5) is 0. The Morgan fingerprint density at radius 3 is 2.42 bits per heavy atom. The zero-order chi connectivity index (χ0) is 9.45. The molecule has 0 unspecified atom stereocenters. The summed E-state index contributed by atoms with van der Waals surface area (Å²) in [5.74, 6) is -0.515. The summed E-state index contributed by atoms with van der Waals surface area (Å²) < 4.78 is 15.6. The monoisotopic (exact) mass is 174 g/mol. The molecule has 72 valence electrons. The van der Waals surface area contributed by atoms with Crippen LogP contribution in [0.3, 0.4) is 0 Å². The minimum atomic E-state index is -0.515. The van der Waals surface area contributed by atoms with Gasteiger partial charge in [-0.1, -0.05) is 6.58 Å². The zero-order valence-corrected chi connectivity index (χ0v) is 8.13. The molecular weight excluding hydrogens is 156 g/mol. The molecular formula is C9H18O3. The Hall–Kier alpha value is -0.540. The van der Waals surface area contributed by atoms with E-state index < -0.39 is 5.79 Å². The predicted octanol–water partition coefficient (Wildman–Crippen LogP) is 1.94. The van der Waals surface area contributed by atoms with E-state index in [1.54, 1.807) is 0 Å². The van der Waals surface area contributed by atoms with E-state index in [4.69, 9.17) is 14.2 Å². The molecule has 3 heteroatoms. The second kappa shape index (κ2) is 6.03. The van der Waals surface area contributed by atoms with Gasteiger partial charge in [-0.25, -0.2) is 0 Å². The van der Waals surface area contributed by atoms with Gasteiger partial charge in [0.05, 0.1) is 12.9 Å². The molecule has 0 aromatic heterocycles. The highest BCUT2D eigenvalue weighted by atomic mass is 16.7. The van der Waals surface area contributed by atoms with Crippen LogP contribution in [0.15, 0.2) is 12.8 Å². The lowest BCUT2D eigenvalue weighted by molar-refractivity contribution is -0.214. The average molecular weight is 174 g/mol. The SMILES string of the molecule is C=COCCOC(C)(C)OCC. The van der Waals surface area contributed by atoms with Crippen LogP contribution in [-0.2, 0) is 14.2 Å². The molecule has 0 aliphatic carbocycles. The van der Waals surface area contributed by atoms with Gasteiger partial charge in [0, 0.05) is 6.61 Å². The lowest BCUT2D eigenvalue weighted by atomic mass is 10.4. The van der Waals surface area contributed by atoms with Crippen LogP contribution in [-0.4, -0.2) is 25.6 Å². The molecule has 0 N–H and O–H groups in total. The smallest absolute Gasteiger partial charge is 0.162 e. The van der Waals surface area contributed by atoms with E-state index in [0.29, 0.717) is 19.8 Å². The van der Waals surface area contributed by atoms with Crippen molar-refractivity contribution in [2.45, 2.75) is 26.6 Å². The molecule has 3 nitrogen and oxygen atoms in total. The van der Waals surface area contributed by atoms with Crippen LogP contribution in [0.2, 0.25) is 0 Å². The maximum absolute atomic E-state index is 5.38. The van der Waals surface area contributed by atoms with E-state index in [-0.39, 0.29) is 0 Å². The summed E-state index contributed by atoms with van der Waals surface area (Å²) in [7, 11) is 0. The van der Waals surface area contributed by atoms with Crippen LogP contribution in [0.5, 0.6) is 0 Å². The Balaban J connectivity index is 3.39. The molecule has 0 aliphatic rings. The standard InChI is InChI=1S/C9H18O3/c1-5-10-7-8-12-9(3,4)11-6-2/h5H,1,6-8H2,2-4H3. The quantitative estimate of drug-likeness (QED) is 0.335. The van der Waals surface area contributed by atoms with Crippen molar-refractivity contribution in [3.05, 3.63) is 12.8 Å². The van der Waals surface area contributed by atoms with Crippen molar-refractivity contribution < 1.29 is 14.2 Å². The van der Waals surface area contributed by atoms with Gasteiger partial charge in [0.25, 0.3) is 0 Å². The Kier molecular flexibility index (Phi) is 5.76. The molecule has 12 heavy (non-hydrogen) atoms. The van der Waals surface area contributed by atoms with E-state index in [1.165, 1.54) is 6.26 Å². The highest BCUT2D eigenvalue weighted by molar-refractivity contribution is 4.53. The van der Waals surface area contributed by atoms with Crippen molar-refractivity contribution in [3.63, 3.8) is 0 Å². The van der Waals surface area contributed by atoms with Gasteiger partial charge in [-0.15, -0.1) is 0 Å². The molecule has 0 fully saturated rings. The fourth-order valence-corrected chi connectivity index (χ4v) is 0.808. The number of hydrogen-bond donors (Lipinski definition) is 0. The third-order valence-electron chi connectivity index (χ3n) is 1.26. The Bertz CT molecular complexity index is 121. The first kappa shape index (κ1) is 11.5. The lowest BCUT2D eigenvalue weighted by Crippen LogP contribution is -2.29. The van der Waals surface area contributed by atoms with Crippen molar-refractivity contribution in [2.75, 3.05) is 19.8 Å². The average Bonchev–Trinajstić information content (AvgIpc) is 1.98. The molecule has 0 spiro atoms. The molecule has 0 aromatic rings. The van der Waals surface area contributed by atoms with Gasteiger partial charge in [-0.3, -0.25) is 0 Å². The Morgan fingerprint density at radius 1 is 1.25 bits per heavy atom. The summed E-state index contributed by atoms with van der Waals surface area (Å²) in [5.41, 5.74) is 0. The van der Waals surface area contributed by atoms with Gasteiger partial charge >= 0.3 is 0 Å². The third kappa shape index (κ3) is 6.19. The van der Waals surface area contributed by atoms with E-state index in [2.05, 4.69) is 6.58 Å². The van der Waals surface area contributed by atoms with Crippen LogP contribution >= 0.6 is 0 Å². The van der Waals surface area contributed by atoms with Crippen molar-refractivity contribution in [3.8, 4) is 0 Å². The van der Waals surface area contributed by atoms with E-state index >= 15 is 0 Å². The highest BCUT2D eigenvalue weighted by Gasteiger charge is 2.16. The summed E-state index contributed by atoms with van der Waals surface area (Å²) in [6.07, 6.45) is 1.40. The van der Waals surface area contributed by atoms with Gasteiger partial charge in [0.1, 0.15) is 6.61 Å². The van der Waals surface area contributed by atoms with Crippen LogP contribution in [0.1, 0.15) is 20.8 Å². The lowest BCUT2D eigenvalue weighted by Gasteiger charge is -2.24. The molecule has 0 rings (SSSR count). The molecule has 0 bridgehead atoms. The molecule has 0 amide bonds. The molecule has 0 radical (unpaired) electrons. The largest absolute Gasteiger partial charge is 0.499 e. The molecule has 0 heterocycles. The van der Waals surface area contributed by atoms with Crippen LogP contribution in [0, 0.1) is 0 Å². The van der Waals surface area contributed by atoms with Crippen LogP contribution in [0.25, 0.3) is 0 Å². The zero-order valence-electron chi connectivity index (χ0n) is 8.13. The van der Waals surface area contributed by atoms with Gasteiger partial charge in [-0.05, 0) is 20.8 Å². The first-order valence-electron chi connectivity index (χ1n) is 4.13. The predicted molar refractivity (Wildman–Crippen MR) is 47.8 cm³/mol. The Morgan fingerprint density at radius 2 is 1.92 bits per heavy atom. The minimum Gasteiger partial charge on any atom is -0.499 e. The summed E-state index contributed by atoms with van der Waals surface area (Å²) in [6, 6.07) is 0. The molecule has 0 saturated carbocycles. The third-order valence-corrected chi connectivity index (χ3v) is 1.26. The van der Waals surface area contributed by atoms with E-state index in [0.717, 1.165) is 0 Å². The topological polar surface area (TPSA) is 27.7 Å². The minimum absolute atomic E-state index is 0.513. The maximum Gasteiger partial charge on any atom is 0.162 e. The van der Waals surface area contributed by atoms with Crippen molar-refractivity contribution in [1.29, 1.82) is 0 Å². The van der Waals surface area contributed by atoms with Crippen LogP contribution < -0.4 is 0 Å². The number of rotatable bonds is 7. The number of hydrogen-bond acceptors (Lipinski definition) is 3. The molecule has 0 atom stereocenters. The molecule has 0 aromatic carbocycles. The van der Waals surface area contributed by atoms with E-state index in [9.17, 15) is 0 Å². The summed E-state index contributed by atoms with van der Waals surface area (Å²) in [6.45, 7) is 10.8. The fraction of sp³-hybridized carbons (Fsp3) is 0.778. The first-order valence-corrected chi connectivity index (χ1v) is 4.13. The van der Waals surface area contributed by atoms with Gasteiger partial charge in [0.15, 0.2) is 5.79 Å². The first-order chi connectivity index (χ1) is 5.62. The fourth-order valence-electron chi connectivity index (χ4n) is 0.808. The maximum atomic E-state index is 5.38. The summed E-state index contributed by atoms with van der Waals surface area (Å²) in [5, 5.41) is 0. The van der Waals surface area contributed by atoms with Gasteiger partial charge in [0.2, 0.25) is 0 Å². The summed E-state index contributed by atoms with van der Waals surface area (Å²) >= 11 is 0. The van der Waals surface area contributed by atoms with Crippen molar-refractivity contribution in [1.82, 2.24) is 0 Å². The Labute approximate surface area is 74.3 Å². The van der Waals surface area contributed by atoms with Gasteiger partial charge < -0.3 is 14.2 Å². The second-order valence-corrected chi connectivity index (χ2v) is 2.72. The van der Waals surface area contributed by atoms with Crippen LogP contribution in [0.4, 0.5) is 0 Å². The normalized spacial score (nSPS) is 11.2. The second-order valence-electron chi connectivity index (χ2n) is 2.72. The highest BCUT2D eigenvalue weighted by Crippen LogP contribution is 2.09. The van der Waals surface area contributed by atoms with E-state index in [1.807, 2.05) is 20.8 Å².